The van der Waals surface area contributed by atoms with Gasteiger partial charge in [-0.2, -0.15) is 0 Å². The van der Waals surface area contributed by atoms with E-state index in [2.05, 4.69) is 22.0 Å². The maximum atomic E-state index is 5.89. The second-order valence-corrected chi connectivity index (χ2v) is 5.56. The van der Waals surface area contributed by atoms with E-state index in [-0.39, 0.29) is 0 Å². The Bertz CT molecular complexity index is 452. The third-order valence-electron chi connectivity index (χ3n) is 4.07. The highest BCUT2D eigenvalue weighted by Crippen LogP contribution is 2.46. The molecule has 3 rings (SSSR count). The van der Waals surface area contributed by atoms with Crippen LogP contribution in [0.25, 0.3) is 4.85 Å². The van der Waals surface area contributed by atoms with Crippen molar-refractivity contribution in [2.75, 3.05) is 0 Å². The fourth-order valence-corrected chi connectivity index (χ4v) is 2.73. The van der Waals surface area contributed by atoms with Crippen molar-refractivity contribution in [1.82, 2.24) is 4.98 Å². The molecule has 1 heterocycles. The quantitative estimate of drug-likeness (QED) is 0.823. The normalized spacial score (nSPS) is 34.5. The van der Waals surface area contributed by atoms with E-state index in [1.54, 1.807) is 0 Å². The molecule has 2 aliphatic carbocycles. The molecule has 3 nitrogen and oxygen atoms in total. The van der Waals surface area contributed by atoms with Crippen LogP contribution in [0.15, 0.2) is 24.5 Å². The predicted molar refractivity (Wildman–Crippen MR) is 72.6 cm³/mol. The Balaban J connectivity index is 1.54. The van der Waals surface area contributed by atoms with Gasteiger partial charge in [0, 0.05) is 37.2 Å². The molecule has 2 atom stereocenters. The van der Waals surface area contributed by atoms with Crippen molar-refractivity contribution < 1.29 is 0 Å². The number of pyridine rings is 1. The number of rotatable bonds is 1. The average Bonchev–Trinajstić information content (AvgIpc) is 3.19. The van der Waals surface area contributed by atoms with Gasteiger partial charge in [0.15, 0.2) is 0 Å². The van der Waals surface area contributed by atoms with Crippen molar-refractivity contribution in [2.24, 2.45) is 11.7 Å². The Labute approximate surface area is 108 Å². The van der Waals surface area contributed by atoms with Crippen LogP contribution < -0.4 is 5.73 Å². The lowest BCUT2D eigenvalue weighted by atomic mass is 9.92. The second-order valence-electron chi connectivity index (χ2n) is 5.56. The Kier molecular flexibility index (Phi) is 3.29. The lowest BCUT2D eigenvalue weighted by Gasteiger charge is -2.15. The number of nitrogens with two attached hydrogens (primary N) is 1. The number of hydrogen-bond acceptors (Lipinski definition) is 2. The van der Waals surface area contributed by atoms with E-state index in [0.717, 1.165) is 25.7 Å². The molecule has 18 heavy (non-hydrogen) atoms. The van der Waals surface area contributed by atoms with Crippen molar-refractivity contribution in [2.45, 2.75) is 50.1 Å². The molecule has 94 valence electrons. The lowest BCUT2D eigenvalue weighted by molar-refractivity contribution is 0.424. The van der Waals surface area contributed by atoms with Gasteiger partial charge in [0.1, 0.15) is 0 Å². The minimum absolute atomic E-state index is 0.403. The summed E-state index contributed by atoms with van der Waals surface area (Å²) in [5.41, 5.74) is 7.22. The predicted octanol–water partition coefficient (Wildman–Crippen LogP) is 2.79. The minimum Gasteiger partial charge on any atom is -0.328 e. The summed E-state index contributed by atoms with van der Waals surface area (Å²) in [7, 11) is 0. The van der Waals surface area contributed by atoms with Crippen LogP contribution in [0.2, 0.25) is 0 Å². The van der Waals surface area contributed by atoms with Crippen molar-refractivity contribution in [3.63, 3.8) is 0 Å². The SMILES string of the molecule is N[C@H]1CC[C@H]([N+]#CC2C[C@@H]2c2cccnc2)CC1. The molecule has 2 N–H and O–H groups in total. The molecule has 1 aromatic rings. The monoisotopic (exact) mass is 242 g/mol. The van der Waals surface area contributed by atoms with Crippen LogP contribution in [0.5, 0.6) is 0 Å². The summed E-state index contributed by atoms with van der Waals surface area (Å²) in [4.78, 5) is 8.80. The highest BCUT2D eigenvalue weighted by molar-refractivity contribution is 5.27. The summed E-state index contributed by atoms with van der Waals surface area (Å²) in [5.74, 6) is 1.12. The van der Waals surface area contributed by atoms with Gasteiger partial charge in [-0.3, -0.25) is 4.98 Å². The second kappa shape index (κ2) is 5.07. The van der Waals surface area contributed by atoms with Crippen molar-refractivity contribution in [3.05, 3.63) is 34.9 Å². The Morgan fingerprint density at radius 2 is 2.11 bits per heavy atom. The molecule has 2 saturated carbocycles. The molecule has 3 heteroatoms. The van der Waals surface area contributed by atoms with Crippen LogP contribution in [-0.4, -0.2) is 17.1 Å². The molecule has 1 unspecified atom stereocenters. The molecule has 0 aromatic carbocycles. The summed E-state index contributed by atoms with van der Waals surface area (Å²) in [5, 5.41) is 0. The first-order valence-electron chi connectivity index (χ1n) is 6.94. The van der Waals surface area contributed by atoms with E-state index in [1.165, 1.54) is 12.0 Å². The fourth-order valence-electron chi connectivity index (χ4n) is 2.73. The van der Waals surface area contributed by atoms with E-state index < -0.39 is 0 Å². The first-order chi connectivity index (χ1) is 8.83. The van der Waals surface area contributed by atoms with Gasteiger partial charge in [0.25, 0.3) is 12.1 Å². The van der Waals surface area contributed by atoms with E-state index in [9.17, 15) is 0 Å². The van der Waals surface area contributed by atoms with Gasteiger partial charge in [-0.1, -0.05) is 10.9 Å². The van der Waals surface area contributed by atoms with E-state index in [4.69, 9.17) is 5.73 Å². The van der Waals surface area contributed by atoms with Crippen LogP contribution in [0, 0.1) is 12.0 Å². The Hall–Kier alpha value is -1.40. The topological polar surface area (TPSA) is 43.3 Å². The third-order valence-corrected chi connectivity index (χ3v) is 4.07. The van der Waals surface area contributed by atoms with Gasteiger partial charge in [-0.25, -0.2) is 0 Å². The van der Waals surface area contributed by atoms with E-state index in [1.807, 2.05) is 18.5 Å². The van der Waals surface area contributed by atoms with Gasteiger partial charge < -0.3 is 5.73 Å². The Morgan fingerprint density at radius 3 is 2.83 bits per heavy atom. The molecule has 2 fully saturated rings. The van der Waals surface area contributed by atoms with Gasteiger partial charge in [0.05, 0.1) is 5.92 Å². The van der Waals surface area contributed by atoms with Crippen molar-refractivity contribution >= 4 is 0 Å². The zero-order chi connectivity index (χ0) is 12.4. The maximum Gasteiger partial charge on any atom is 0.277 e. The summed E-state index contributed by atoms with van der Waals surface area (Å²) in [6, 6.07) is 8.38. The summed E-state index contributed by atoms with van der Waals surface area (Å²) < 4.78 is 0. The number of nitrogens with zero attached hydrogens (tertiary/aromatic N) is 2. The summed E-state index contributed by atoms with van der Waals surface area (Å²) in [6.45, 7) is 0. The number of aromatic nitrogens is 1. The highest BCUT2D eigenvalue weighted by atomic mass is 14.8. The number of hydrogen-bond donors (Lipinski definition) is 1. The molecule has 1 aromatic heterocycles. The van der Waals surface area contributed by atoms with Gasteiger partial charge in [-0.05, 0) is 30.9 Å². The molecule has 0 bridgehead atoms. The Morgan fingerprint density at radius 1 is 1.28 bits per heavy atom. The van der Waals surface area contributed by atoms with Crippen LogP contribution in [0.1, 0.15) is 43.6 Å². The van der Waals surface area contributed by atoms with Crippen LogP contribution >= 0.6 is 0 Å². The lowest BCUT2D eigenvalue weighted by Crippen LogP contribution is -2.27. The molecule has 2 aliphatic rings. The van der Waals surface area contributed by atoms with E-state index >= 15 is 0 Å². The molecule has 0 amide bonds. The zero-order valence-electron chi connectivity index (χ0n) is 10.6. The van der Waals surface area contributed by atoms with E-state index in [0.29, 0.717) is 23.9 Å². The molecular formula is C15H20N3+. The van der Waals surface area contributed by atoms with Gasteiger partial charge in [-0.15, -0.1) is 0 Å². The summed E-state index contributed by atoms with van der Waals surface area (Å²) >= 11 is 0. The van der Waals surface area contributed by atoms with Crippen molar-refractivity contribution in [1.29, 1.82) is 0 Å². The van der Waals surface area contributed by atoms with Gasteiger partial charge in [0.2, 0.25) is 0 Å². The third kappa shape index (κ3) is 2.70. The molecule has 0 radical (unpaired) electrons. The molecule has 0 spiro atoms. The van der Waals surface area contributed by atoms with Crippen LogP contribution in [0.4, 0.5) is 0 Å². The maximum absolute atomic E-state index is 5.89. The van der Waals surface area contributed by atoms with Crippen molar-refractivity contribution in [3.8, 4) is 6.07 Å². The van der Waals surface area contributed by atoms with Crippen LogP contribution in [-0.2, 0) is 0 Å². The minimum atomic E-state index is 0.403. The van der Waals surface area contributed by atoms with Gasteiger partial charge >= 0.3 is 0 Å². The molecule has 0 saturated heterocycles. The molecule has 0 aliphatic heterocycles. The average molecular weight is 242 g/mol. The smallest absolute Gasteiger partial charge is 0.277 e. The zero-order valence-corrected chi connectivity index (χ0v) is 10.6. The standard InChI is InChI=1S/C15H20N3/c16-13-3-5-14(6-4-13)18-10-12-8-15(12)11-2-1-7-17-9-11/h1-2,7,9,12-15H,3-6,8,16H2/q+1/t12?,13-,14-,15-/m1/s1. The first kappa shape index (κ1) is 11.7. The van der Waals surface area contributed by atoms with Crippen LogP contribution in [0.3, 0.4) is 0 Å². The largest absolute Gasteiger partial charge is 0.328 e. The fraction of sp³-hybridized carbons (Fsp3) is 0.600. The molecular weight excluding hydrogens is 222 g/mol. The first-order valence-corrected chi connectivity index (χ1v) is 6.94. The highest BCUT2D eigenvalue weighted by Gasteiger charge is 2.42. The summed E-state index contributed by atoms with van der Waals surface area (Å²) in [6.07, 6.45) is 9.48.